The minimum absolute atomic E-state index is 0.370. The molecule has 0 amide bonds. The molecule has 35 heavy (non-hydrogen) atoms. The van der Waals surface area contributed by atoms with Gasteiger partial charge in [-0.15, -0.1) is 11.3 Å². The number of aromatic nitrogens is 5. The molecule has 6 rings (SSSR count). The number of para-hydroxylation sites is 4. The zero-order valence-electron chi connectivity index (χ0n) is 21.1. The molecule has 3 aromatic heterocycles. The number of benzene rings is 2. The van der Waals surface area contributed by atoms with Crippen molar-refractivity contribution < 1.29 is 0 Å². The van der Waals surface area contributed by atoms with Gasteiger partial charge < -0.3 is 9.13 Å². The summed E-state index contributed by atoms with van der Waals surface area (Å²) in [7, 11) is 0. The quantitative estimate of drug-likeness (QED) is 0.219. The lowest BCUT2D eigenvalue weighted by atomic mass is 10.3. The molecule has 0 unspecified atom stereocenters. The first-order chi connectivity index (χ1) is 16.9. The lowest BCUT2D eigenvalue weighted by Gasteiger charge is -2.12. The highest BCUT2D eigenvalue weighted by atomic mass is 32.2. The van der Waals surface area contributed by atoms with E-state index in [0.717, 1.165) is 33.5 Å². The number of hydrogen-bond donors (Lipinski definition) is 0. The van der Waals surface area contributed by atoms with Crippen molar-refractivity contribution in [3.63, 3.8) is 0 Å². The van der Waals surface area contributed by atoms with Gasteiger partial charge in [0.1, 0.15) is 5.69 Å². The molecule has 0 aliphatic heterocycles. The van der Waals surface area contributed by atoms with Crippen LogP contribution in [0, 0.1) is 12.8 Å². The number of thioether (sulfide) groups is 1. The van der Waals surface area contributed by atoms with Crippen LogP contribution in [0.3, 0.4) is 0 Å². The molecule has 1 saturated carbocycles. The van der Waals surface area contributed by atoms with Crippen molar-refractivity contribution in [2.75, 3.05) is 5.75 Å². The Bertz CT molecular complexity index is 1440. The van der Waals surface area contributed by atoms with E-state index in [0.29, 0.717) is 12.1 Å². The number of rotatable bonds is 6. The molecule has 5 nitrogen and oxygen atoms in total. The molecule has 0 bridgehead atoms. The van der Waals surface area contributed by atoms with Gasteiger partial charge in [0.05, 0.1) is 27.1 Å². The van der Waals surface area contributed by atoms with E-state index in [9.17, 15) is 0 Å². The molecule has 1 aliphatic carbocycles. The SMILES string of the molecule is CC(C)n1c(SCC2CC2)nc2ccccc21.Cc1nc(-c2nc3ccccc3n2C(C)C)cs1. The van der Waals surface area contributed by atoms with E-state index in [2.05, 4.69) is 89.7 Å². The Hall–Kier alpha value is -2.64. The first-order valence-electron chi connectivity index (χ1n) is 12.4. The van der Waals surface area contributed by atoms with Crippen molar-refractivity contribution >= 4 is 45.2 Å². The molecule has 0 atom stereocenters. The summed E-state index contributed by atoms with van der Waals surface area (Å²) in [6.07, 6.45) is 2.82. The maximum Gasteiger partial charge on any atom is 0.169 e. The number of nitrogens with zero attached hydrogens (tertiary/aromatic N) is 5. The van der Waals surface area contributed by atoms with Crippen LogP contribution < -0.4 is 0 Å². The average molecular weight is 504 g/mol. The molecule has 5 aromatic rings. The fourth-order valence-electron chi connectivity index (χ4n) is 4.31. The van der Waals surface area contributed by atoms with Crippen molar-refractivity contribution in [1.82, 2.24) is 24.1 Å². The molecule has 0 radical (unpaired) electrons. The van der Waals surface area contributed by atoms with Crippen molar-refractivity contribution in [1.29, 1.82) is 0 Å². The zero-order valence-corrected chi connectivity index (χ0v) is 22.7. The highest BCUT2D eigenvalue weighted by Gasteiger charge is 2.23. The summed E-state index contributed by atoms with van der Waals surface area (Å²) in [6.45, 7) is 10.8. The van der Waals surface area contributed by atoms with Crippen LogP contribution in [0.5, 0.6) is 0 Å². The molecule has 1 aliphatic rings. The van der Waals surface area contributed by atoms with E-state index in [1.165, 1.54) is 34.8 Å². The maximum absolute atomic E-state index is 4.76. The van der Waals surface area contributed by atoms with E-state index in [1.54, 1.807) is 11.3 Å². The van der Waals surface area contributed by atoms with Crippen LogP contribution in [0.25, 0.3) is 33.6 Å². The standard InChI is InChI=1S/C14H15N3S.C14H18N2S/c1-9(2)17-13-7-5-4-6-11(13)16-14(17)12-8-18-10(3)15-12;1-10(2)16-13-6-4-3-5-12(13)15-14(16)17-9-11-7-8-11/h4-9H,1-3H3;3-6,10-11H,7-9H2,1-2H3. The summed E-state index contributed by atoms with van der Waals surface area (Å²) in [5.41, 5.74) is 5.57. The van der Waals surface area contributed by atoms with Crippen LogP contribution in [-0.2, 0) is 0 Å². The molecule has 3 heterocycles. The van der Waals surface area contributed by atoms with Gasteiger partial charge in [0.2, 0.25) is 0 Å². The number of thiazole rings is 1. The summed E-state index contributed by atoms with van der Waals surface area (Å²) >= 11 is 3.59. The predicted molar refractivity (Wildman–Crippen MR) is 150 cm³/mol. The van der Waals surface area contributed by atoms with E-state index < -0.39 is 0 Å². The molecule has 0 spiro atoms. The van der Waals surface area contributed by atoms with Crippen LogP contribution in [0.2, 0.25) is 0 Å². The van der Waals surface area contributed by atoms with Gasteiger partial charge in [0.15, 0.2) is 11.0 Å². The van der Waals surface area contributed by atoms with Crippen LogP contribution in [0.15, 0.2) is 59.1 Å². The Balaban J connectivity index is 0.000000145. The average Bonchev–Trinajstić information content (AvgIpc) is 3.26. The minimum Gasteiger partial charge on any atom is -0.320 e. The van der Waals surface area contributed by atoms with Gasteiger partial charge >= 0.3 is 0 Å². The van der Waals surface area contributed by atoms with Gasteiger partial charge in [-0.2, -0.15) is 0 Å². The largest absolute Gasteiger partial charge is 0.320 e. The van der Waals surface area contributed by atoms with Crippen molar-refractivity contribution in [2.45, 2.75) is 64.7 Å². The van der Waals surface area contributed by atoms with E-state index in [4.69, 9.17) is 9.97 Å². The highest BCUT2D eigenvalue weighted by molar-refractivity contribution is 7.99. The lowest BCUT2D eigenvalue weighted by Crippen LogP contribution is -2.03. The lowest BCUT2D eigenvalue weighted by molar-refractivity contribution is 0.566. The number of hydrogen-bond acceptors (Lipinski definition) is 5. The second-order valence-electron chi connectivity index (χ2n) is 9.74. The molecule has 2 aromatic carbocycles. The molecule has 182 valence electrons. The summed E-state index contributed by atoms with van der Waals surface area (Å²) < 4.78 is 4.62. The first kappa shape index (κ1) is 24.1. The molecular weight excluding hydrogens is 470 g/mol. The number of imidazole rings is 2. The van der Waals surface area contributed by atoms with Crippen LogP contribution in [0.4, 0.5) is 0 Å². The van der Waals surface area contributed by atoms with Gasteiger partial charge in [-0.3, -0.25) is 0 Å². The third-order valence-corrected chi connectivity index (χ3v) is 8.14. The fraction of sp³-hybridized carbons (Fsp3) is 0.393. The Labute approximate surface area is 215 Å². The maximum atomic E-state index is 4.76. The van der Waals surface area contributed by atoms with Gasteiger partial charge in [-0.1, -0.05) is 36.0 Å². The second kappa shape index (κ2) is 10.2. The first-order valence-corrected chi connectivity index (χ1v) is 14.3. The second-order valence-corrected chi connectivity index (χ2v) is 11.8. The smallest absolute Gasteiger partial charge is 0.169 e. The fourth-order valence-corrected chi connectivity index (χ4v) is 6.23. The monoisotopic (exact) mass is 503 g/mol. The highest BCUT2D eigenvalue weighted by Crippen LogP contribution is 2.36. The van der Waals surface area contributed by atoms with E-state index in [1.807, 2.05) is 24.8 Å². The summed E-state index contributed by atoms with van der Waals surface area (Å²) in [5, 5.41) is 4.34. The Morgan fingerprint density at radius 2 is 1.46 bits per heavy atom. The number of fused-ring (bicyclic) bond motifs is 2. The molecule has 0 saturated heterocycles. The van der Waals surface area contributed by atoms with Crippen molar-refractivity contribution in [3.8, 4) is 11.5 Å². The van der Waals surface area contributed by atoms with Gasteiger partial charge in [-0.05, 0) is 77.6 Å². The third kappa shape index (κ3) is 5.16. The van der Waals surface area contributed by atoms with Crippen molar-refractivity contribution in [3.05, 3.63) is 58.9 Å². The van der Waals surface area contributed by atoms with Crippen molar-refractivity contribution in [2.24, 2.45) is 5.92 Å². The summed E-state index contributed by atoms with van der Waals surface area (Å²) in [4.78, 5) is 14.0. The molecular formula is C28H33N5S2. The Morgan fingerprint density at radius 1 is 0.857 bits per heavy atom. The van der Waals surface area contributed by atoms with E-state index >= 15 is 0 Å². The molecule has 0 N–H and O–H groups in total. The topological polar surface area (TPSA) is 48.5 Å². The third-order valence-electron chi connectivity index (χ3n) is 6.19. The van der Waals surface area contributed by atoms with Crippen LogP contribution >= 0.6 is 23.1 Å². The zero-order chi connectivity index (χ0) is 24.5. The van der Waals surface area contributed by atoms with Gasteiger partial charge in [0.25, 0.3) is 0 Å². The Kier molecular flexibility index (Phi) is 6.98. The molecule has 7 heteroatoms. The minimum atomic E-state index is 0.370. The predicted octanol–water partition coefficient (Wildman–Crippen LogP) is 8.17. The summed E-state index contributed by atoms with van der Waals surface area (Å²) in [5.74, 6) is 3.15. The van der Waals surface area contributed by atoms with Gasteiger partial charge in [-0.25, -0.2) is 15.0 Å². The number of aryl methyl sites for hydroxylation is 1. The van der Waals surface area contributed by atoms with Crippen LogP contribution in [0.1, 0.15) is 57.6 Å². The normalized spacial score (nSPS) is 13.7. The molecule has 1 fully saturated rings. The van der Waals surface area contributed by atoms with E-state index in [-0.39, 0.29) is 0 Å². The van der Waals surface area contributed by atoms with Crippen LogP contribution in [-0.4, -0.2) is 29.8 Å². The van der Waals surface area contributed by atoms with Gasteiger partial charge in [0, 0.05) is 23.2 Å². The summed E-state index contributed by atoms with van der Waals surface area (Å²) in [6, 6.07) is 17.5. The Morgan fingerprint density at radius 3 is 2.03 bits per heavy atom.